The Morgan fingerprint density at radius 2 is 1.97 bits per heavy atom. The summed E-state index contributed by atoms with van der Waals surface area (Å²) in [6, 6.07) is 17.9. The van der Waals surface area contributed by atoms with Crippen molar-refractivity contribution >= 4 is 5.91 Å². The Morgan fingerprint density at radius 3 is 2.72 bits per heavy atom. The van der Waals surface area contributed by atoms with Crippen LogP contribution < -0.4 is 4.74 Å². The highest BCUT2D eigenvalue weighted by Gasteiger charge is 2.50. The maximum absolute atomic E-state index is 13.6. The Bertz CT molecular complexity index is 1070. The summed E-state index contributed by atoms with van der Waals surface area (Å²) >= 11 is 0. The van der Waals surface area contributed by atoms with Crippen molar-refractivity contribution in [2.24, 2.45) is 0 Å². The van der Waals surface area contributed by atoms with E-state index in [0.717, 1.165) is 47.7 Å². The summed E-state index contributed by atoms with van der Waals surface area (Å²) in [5, 5.41) is 0. The highest BCUT2D eigenvalue weighted by molar-refractivity contribution is 5.87. The second-order valence-corrected chi connectivity index (χ2v) is 8.51. The van der Waals surface area contributed by atoms with Crippen molar-refractivity contribution in [3.05, 3.63) is 89.5 Å². The molecule has 0 bridgehead atoms. The fourth-order valence-electron chi connectivity index (χ4n) is 4.50. The summed E-state index contributed by atoms with van der Waals surface area (Å²) in [5.41, 5.74) is 3.04. The van der Waals surface area contributed by atoms with E-state index < -0.39 is 5.54 Å². The number of hydrogen-bond donors (Lipinski definition) is 0. The van der Waals surface area contributed by atoms with Gasteiger partial charge in [-0.25, -0.2) is 0 Å². The molecule has 166 valence electrons. The lowest BCUT2D eigenvalue weighted by atomic mass is 9.89. The van der Waals surface area contributed by atoms with Gasteiger partial charge >= 0.3 is 0 Å². The van der Waals surface area contributed by atoms with Crippen molar-refractivity contribution in [3.63, 3.8) is 0 Å². The predicted octanol–water partition coefficient (Wildman–Crippen LogP) is 3.94. The number of carbonyl (C=O) groups is 1. The Kier molecular flexibility index (Phi) is 6.51. The van der Waals surface area contributed by atoms with Crippen molar-refractivity contribution in [1.82, 2.24) is 19.8 Å². The van der Waals surface area contributed by atoms with Gasteiger partial charge in [0.2, 0.25) is 5.91 Å². The summed E-state index contributed by atoms with van der Waals surface area (Å²) in [6.45, 7) is 3.86. The fourth-order valence-corrected chi connectivity index (χ4v) is 4.50. The molecule has 1 aliphatic heterocycles. The predicted molar refractivity (Wildman–Crippen MR) is 124 cm³/mol. The highest BCUT2D eigenvalue weighted by atomic mass is 16.5. The summed E-state index contributed by atoms with van der Waals surface area (Å²) in [5.74, 6) is 0.897. The molecule has 2 aromatic heterocycles. The van der Waals surface area contributed by atoms with Gasteiger partial charge in [0.25, 0.3) is 0 Å². The summed E-state index contributed by atoms with van der Waals surface area (Å²) in [4.78, 5) is 26.5. The van der Waals surface area contributed by atoms with Crippen molar-refractivity contribution in [2.75, 3.05) is 20.6 Å². The van der Waals surface area contributed by atoms with E-state index in [4.69, 9.17) is 9.72 Å². The zero-order valence-electron chi connectivity index (χ0n) is 19.0. The first-order valence-corrected chi connectivity index (χ1v) is 11.0. The number of para-hydroxylation sites is 1. The largest absolute Gasteiger partial charge is 0.489 e. The first kappa shape index (κ1) is 22.0. The van der Waals surface area contributed by atoms with Gasteiger partial charge in [-0.15, -0.1) is 0 Å². The van der Waals surface area contributed by atoms with Crippen LogP contribution in [0, 0.1) is 6.92 Å². The van der Waals surface area contributed by atoms with E-state index in [-0.39, 0.29) is 5.91 Å². The zero-order valence-corrected chi connectivity index (χ0v) is 19.0. The third-order valence-corrected chi connectivity index (χ3v) is 6.03. The smallest absolute Gasteiger partial charge is 0.248 e. The molecule has 1 atom stereocenters. The van der Waals surface area contributed by atoms with Crippen LogP contribution in [0.1, 0.15) is 35.4 Å². The van der Waals surface area contributed by atoms with Gasteiger partial charge in [0, 0.05) is 49.9 Å². The first-order chi connectivity index (χ1) is 15.5. The van der Waals surface area contributed by atoms with Gasteiger partial charge in [-0.3, -0.25) is 19.7 Å². The Hall–Kier alpha value is -3.25. The van der Waals surface area contributed by atoms with Gasteiger partial charge in [0.1, 0.15) is 17.9 Å². The molecular formula is C26H30N4O2. The molecule has 0 spiro atoms. The molecule has 3 heterocycles. The Balaban J connectivity index is 1.65. The van der Waals surface area contributed by atoms with E-state index in [2.05, 4.69) is 16.0 Å². The maximum Gasteiger partial charge on any atom is 0.248 e. The Morgan fingerprint density at radius 1 is 1.12 bits per heavy atom. The molecule has 0 radical (unpaired) electrons. The average molecular weight is 431 g/mol. The van der Waals surface area contributed by atoms with Gasteiger partial charge < -0.3 is 9.64 Å². The molecule has 1 saturated heterocycles. The van der Waals surface area contributed by atoms with Gasteiger partial charge in [0.15, 0.2) is 0 Å². The van der Waals surface area contributed by atoms with Gasteiger partial charge in [-0.1, -0.05) is 30.3 Å². The third kappa shape index (κ3) is 4.36. The van der Waals surface area contributed by atoms with Crippen LogP contribution in [-0.2, 0) is 23.5 Å². The molecule has 0 N–H and O–H groups in total. The number of likely N-dealkylation sites (tertiary alicyclic amines) is 1. The SMILES string of the molecule is Cc1cccc([C@]2(C(=O)N(C)C)CCCN2Cc2ccccc2OCc2cccnc2)n1. The number of ether oxygens (including phenoxy) is 1. The monoisotopic (exact) mass is 430 g/mol. The lowest BCUT2D eigenvalue weighted by Crippen LogP contribution is -2.52. The number of likely N-dealkylation sites (N-methyl/N-ethyl adjacent to an activating group) is 1. The summed E-state index contributed by atoms with van der Waals surface area (Å²) < 4.78 is 6.16. The molecule has 6 nitrogen and oxygen atoms in total. The molecular weight excluding hydrogens is 400 g/mol. The highest BCUT2D eigenvalue weighted by Crippen LogP contribution is 2.41. The van der Waals surface area contributed by atoms with Crippen LogP contribution in [0.2, 0.25) is 0 Å². The number of carbonyl (C=O) groups excluding carboxylic acids is 1. The van der Waals surface area contributed by atoms with E-state index in [1.165, 1.54) is 0 Å². The number of nitrogens with zero attached hydrogens (tertiary/aromatic N) is 4. The van der Waals surface area contributed by atoms with E-state index in [0.29, 0.717) is 13.2 Å². The number of aryl methyl sites for hydroxylation is 1. The van der Waals surface area contributed by atoms with E-state index in [1.807, 2.05) is 75.7 Å². The molecule has 1 amide bonds. The van der Waals surface area contributed by atoms with Crippen molar-refractivity contribution in [2.45, 2.75) is 38.5 Å². The van der Waals surface area contributed by atoms with Gasteiger partial charge in [-0.2, -0.15) is 0 Å². The number of amides is 1. The standard InChI is InChI=1S/C26H30N4O2/c1-20-9-6-13-24(28-20)26(25(31)29(2)3)14-8-16-30(26)18-22-11-4-5-12-23(22)32-19-21-10-7-15-27-17-21/h4-7,9-13,15,17H,8,14,16,18-19H2,1-3H3/t26-/m0/s1. The number of aromatic nitrogens is 2. The minimum absolute atomic E-state index is 0.0712. The van der Waals surface area contributed by atoms with Crippen LogP contribution in [0.25, 0.3) is 0 Å². The van der Waals surface area contributed by atoms with Gasteiger partial charge in [0.05, 0.1) is 5.69 Å². The van der Waals surface area contributed by atoms with Gasteiger partial charge in [-0.05, 0) is 50.6 Å². The number of hydrogen-bond acceptors (Lipinski definition) is 5. The minimum atomic E-state index is -0.772. The van der Waals surface area contributed by atoms with Crippen molar-refractivity contribution < 1.29 is 9.53 Å². The topological polar surface area (TPSA) is 58.6 Å². The lowest BCUT2D eigenvalue weighted by molar-refractivity contribution is -0.141. The van der Waals surface area contributed by atoms with Crippen LogP contribution in [0.15, 0.2) is 67.0 Å². The van der Waals surface area contributed by atoms with Crippen LogP contribution in [0.4, 0.5) is 0 Å². The Labute approximate surface area is 189 Å². The molecule has 6 heteroatoms. The molecule has 4 rings (SSSR count). The molecule has 0 unspecified atom stereocenters. The number of pyridine rings is 2. The summed E-state index contributed by atoms with van der Waals surface area (Å²) in [6.07, 6.45) is 5.26. The molecule has 1 aliphatic rings. The van der Waals surface area contributed by atoms with E-state index in [9.17, 15) is 4.79 Å². The van der Waals surface area contributed by atoms with E-state index >= 15 is 0 Å². The molecule has 0 saturated carbocycles. The number of benzene rings is 1. The van der Waals surface area contributed by atoms with Crippen LogP contribution in [-0.4, -0.2) is 46.3 Å². The molecule has 3 aromatic rings. The first-order valence-electron chi connectivity index (χ1n) is 11.0. The van der Waals surface area contributed by atoms with Crippen LogP contribution in [0.5, 0.6) is 5.75 Å². The third-order valence-electron chi connectivity index (χ3n) is 6.03. The van der Waals surface area contributed by atoms with Crippen LogP contribution in [0.3, 0.4) is 0 Å². The summed E-state index contributed by atoms with van der Waals surface area (Å²) in [7, 11) is 3.64. The second-order valence-electron chi connectivity index (χ2n) is 8.51. The van der Waals surface area contributed by atoms with Crippen molar-refractivity contribution in [1.29, 1.82) is 0 Å². The van der Waals surface area contributed by atoms with Crippen LogP contribution >= 0.6 is 0 Å². The minimum Gasteiger partial charge on any atom is -0.489 e. The van der Waals surface area contributed by atoms with E-state index in [1.54, 1.807) is 11.1 Å². The lowest BCUT2D eigenvalue weighted by Gasteiger charge is -2.39. The molecule has 0 aliphatic carbocycles. The maximum atomic E-state index is 13.6. The fraction of sp³-hybridized carbons (Fsp3) is 0.346. The normalized spacial score (nSPS) is 18.5. The second kappa shape index (κ2) is 9.49. The molecule has 32 heavy (non-hydrogen) atoms. The zero-order chi connectivity index (χ0) is 22.6. The average Bonchev–Trinajstić information content (AvgIpc) is 3.23. The molecule has 1 aromatic carbocycles. The number of rotatable bonds is 7. The quantitative estimate of drug-likeness (QED) is 0.568. The van der Waals surface area contributed by atoms with Crippen molar-refractivity contribution in [3.8, 4) is 5.75 Å². The molecule has 1 fully saturated rings.